The van der Waals surface area contributed by atoms with E-state index in [0.717, 1.165) is 46.0 Å². The highest BCUT2D eigenvalue weighted by Crippen LogP contribution is 2.32. The molecule has 1 aliphatic heterocycles. The molecule has 2 aromatic heterocycles. The minimum absolute atomic E-state index is 0.0952. The van der Waals surface area contributed by atoms with Gasteiger partial charge in [0, 0.05) is 36.9 Å². The van der Waals surface area contributed by atoms with Crippen LogP contribution in [0.15, 0.2) is 34.9 Å². The molecule has 1 aromatic carbocycles. The van der Waals surface area contributed by atoms with Gasteiger partial charge in [0.15, 0.2) is 0 Å². The SMILES string of the molecule is COc1cccc2c(C)cc(N3C[C@@H](Cc4cc(C)no4)[C@H](O)C3)nc12. The van der Waals surface area contributed by atoms with E-state index in [4.69, 9.17) is 14.2 Å². The first-order chi connectivity index (χ1) is 12.5. The molecule has 6 nitrogen and oxygen atoms in total. The number of anilines is 1. The van der Waals surface area contributed by atoms with Crippen molar-refractivity contribution in [3.05, 3.63) is 47.3 Å². The lowest BCUT2D eigenvalue weighted by Crippen LogP contribution is -2.22. The molecule has 1 N–H and O–H groups in total. The zero-order valence-corrected chi connectivity index (χ0v) is 15.3. The maximum Gasteiger partial charge on any atom is 0.145 e. The van der Waals surface area contributed by atoms with E-state index >= 15 is 0 Å². The quantitative estimate of drug-likeness (QED) is 0.778. The van der Waals surface area contributed by atoms with Gasteiger partial charge in [-0.25, -0.2) is 4.98 Å². The third kappa shape index (κ3) is 3.01. The molecule has 0 unspecified atom stereocenters. The Balaban J connectivity index is 1.61. The van der Waals surface area contributed by atoms with Crippen molar-refractivity contribution in [1.29, 1.82) is 0 Å². The minimum Gasteiger partial charge on any atom is -0.494 e. The number of aliphatic hydroxyl groups is 1. The second-order valence-corrected chi connectivity index (χ2v) is 7.02. The third-order valence-electron chi connectivity index (χ3n) is 5.09. The molecule has 0 amide bonds. The number of aromatic nitrogens is 2. The van der Waals surface area contributed by atoms with Crippen molar-refractivity contribution in [1.82, 2.24) is 10.1 Å². The topological polar surface area (TPSA) is 71.6 Å². The van der Waals surface area contributed by atoms with Crippen LogP contribution in [0.1, 0.15) is 17.0 Å². The van der Waals surface area contributed by atoms with E-state index in [2.05, 4.69) is 29.1 Å². The van der Waals surface area contributed by atoms with Crippen LogP contribution in [-0.2, 0) is 6.42 Å². The molecule has 136 valence electrons. The second-order valence-electron chi connectivity index (χ2n) is 7.02. The fourth-order valence-electron chi connectivity index (χ4n) is 3.71. The van der Waals surface area contributed by atoms with Crippen LogP contribution in [-0.4, -0.2) is 41.6 Å². The minimum atomic E-state index is -0.420. The number of aryl methyl sites for hydroxylation is 2. The fraction of sp³-hybridized carbons (Fsp3) is 0.400. The summed E-state index contributed by atoms with van der Waals surface area (Å²) < 4.78 is 10.8. The van der Waals surface area contributed by atoms with Crippen LogP contribution >= 0.6 is 0 Å². The number of benzene rings is 1. The highest BCUT2D eigenvalue weighted by molar-refractivity contribution is 5.88. The number of hydrogen-bond acceptors (Lipinski definition) is 6. The van der Waals surface area contributed by atoms with Gasteiger partial charge in [-0.1, -0.05) is 17.3 Å². The smallest absolute Gasteiger partial charge is 0.145 e. The van der Waals surface area contributed by atoms with E-state index < -0.39 is 6.10 Å². The average molecular weight is 353 g/mol. The molecular weight excluding hydrogens is 330 g/mol. The Morgan fingerprint density at radius 1 is 1.27 bits per heavy atom. The van der Waals surface area contributed by atoms with Crippen molar-refractivity contribution in [2.24, 2.45) is 5.92 Å². The van der Waals surface area contributed by atoms with Crippen molar-refractivity contribution in [3.63, 3.8) is 0 Å². The molecule has 6 heteroatoms. The first-order valence-electron chi connectivity index (χ1n) is 8.84. The Kier molecular flexibility index (Phi) is 4.28. The van der Waals surface area contributed by atoms with Crippen LogP contribution in [0.25, 0.3) is 10.9 Å². The third-order valence-corrected chi connectivity index (χ3v) is 5.09. The number of methoxy groups -OCH3 is 1. The van der Waals surface area contributed by atoms with Crippen molar-refractivity contribution in [2.45, 2.75) is 26.4 Å². The van der Waals surface area contributed by atoms with E-state index in [1.165, 1.54) is 0 Å². The number of pyridine rings is 1. The second kappa shape index (κ2) is 6.61. The number of hydrogen-bond donors (Lipinski definition) is 1. The molecule has 3 heterocycles. The predicted molar refractivity (Wildman–Crippen MR) is 99.7 cm³/mol. The standard InChI is InChI=1S/C20H23N3O3/c1-12-7-19(21-20-16(12)5-4-6-18(20)25-3)23-10-14(17(24)11-23)9-15-8-13(2)22-26-15/h4-8,14,17,24H,9-11H2,1-3H3/t14-,17-/m1/s1. The maximum absolute atomic E-state index is 10.5. The normalized spacial score (nSPS) is 20.1. The van der Waals surface area contributed by atoms with E-state index in [1.54, 1.807) is 7.11 Å². The van der Waals surface area contributed by atoms with Crippen LogP contribution in [0.4, 0.5) is 5.82 Å². The van der Waals surface area contributed by atoms with E-state index in [1.807, 2.05) is 25.1 Å². The number of fused-ring (bicyclic) bond motifs is 1. The summed E-state index contributed by atoms with van der Waals surface area (Å²) in [5.41, 5.74) is 2.87. The molecule has 1 aliphatic rings. The summed E-state index contributed by atoms with van der Waals surface area (Å²) >= 11 is 0. The Morgan fingerprint density at radius 2 is 2.12 bits per heavy atom. The Morgan fingerprint density at radius 3 is 2.85 bits per heavy atom. The van der Waals surface area contributed by atoms with Gasteiger partial charge >= 0.3 is 0 Å². The number of rotatable bonds is 4. The van der Waals surface area contributed by atoms with Gasteiger partial charge in [-0.05, 0) is 31.5 Å². The lowest BCUT2D eigenvalue weighted by Gasteiger charge is -2.19. The number of aliphatic hydroxyl groups excluding tert-OH is 1. The summed E-state index contributed by atoms with van der Waals surface area (Å²) in [6, 6.07) is 9.96. The monoisotopic (exact) mass is 353 g/mol. The Hall–Kier alpha value is -2.60. The molecule has 0 spiro atoms. The van der Waals surface area contributed by atoms with E-state index in [-0.39, 0.29) is 5.92 Å². The number of ether oxygens (including phenoxy) is 1. The van der Waals surface area contributed by atoms with Crippen LogP contribution in [0.3, 0.4) is 0 Å². The highest BCUT2D eigenvalue weighted by Gasteiger charge is 2.33. The molecule has 4 rings (SSSR count). The van der Waals surface area contributed by atoms with Crippen molar-refractivity contribution in [3.8, 4) is 5.75 Å². The molecule has 0 aliphatic carbocycles. The average Bonchev–Trinajstić information content (AvgIpc) is 3.20. The van der Waals surface area contributed by atoms with Crippen molar-refractivity contribution in [2.75, 3.05) is 25.1 Å². The largest absolute Gasteiger partial charge is 0.494 e. The van der Waals surface area contributed by atoms with E-state index in [0.29, 0.717) is 13.0 Å². The van der Waals surface area contributed by atoms with Crippen molar-refractivity contribution < 1.29 is 14.4 Å². The zero-order chi connectivity index (χ0) is 18.3. The van der Waals surface area contributed by atoms with Gasteiger partial charge < -0.3 is 19.3 Å². The van der Waals surface area contributed by atoms with Gasteiger partial charge in [-0.2, -0.15) is 0 Å². The van der Waals surface area contributed by atoms with Gasteiger partial charge in [-0.3, -0.25) is 0 Å². The Bertz CT molecular complexity index is 937. The summed E-state index contributed by atoms with van der Waals surface area (Å²) in [5.74, 6) is 2.55. The summed E-state index contributed by atoms with van der Waals surface area (Å²) in [5, 5.41) is 15.5. The van der Waals surface area contributed by atoms with Crippen molar-refractivity contribution >= 4 is 16.7 Å². The van der Waals surface area contributed by atoms with Gasteiger partial charge in [0.2, 0.25) is 0 Å². The summed E-state index contributed by atoms with van der Waals surface area (Å²) in [7, 11) is 1.66. The lowest BCUT2D eigenvalue weighted by atomic mass is 10.0. The molecule has 3 aromatic rings. The van der Waals surface area contributed by atoms with E-state index in [9.17, 15) is 5.11 Å². The first kappa shape index (κ1) is 16.8. The highest BCUT2D eigenvalue weighted by atomic mass is 16.5. The summed E-state index contributed by atoms with van der Waals surface area (Å²) in [6.07, 6.45) is 0.255. The van der Waals surface area contributed by atoms with Crippen LogP contribution in [0.5, 0.6) is 5.75 Å². The number of nitrogens with zero attached hydrogens (tertiary/aromatic N) is 3. The van der Waals surface area contributed by atoms with Crippen LogP contribution in [0.2, 0.25) is 0 Å². The zero-order valence-electron chi connectivity index (χ0n) is 15.3. The van der Waals surface area contributed by atoms with Gasteiger partial charge in [0.05, 0.1) is 18.9 Å². The lowest BCUT2D eigenvalue weighted by molar-refractivity contribution is 0.143. The molecule has 1 saturated heterocycles. The molecular formula is C20H23N3O3. The molecule has 26 heavy (non-hydrogen) atoms. The first-order valence-corrected chi connectivity index (χ1v) is 8.84. The Labute approximate surface area is 152 Å². The van der Waals surface area contributed by atoms with Gasteiger partial charge in [0.25, 0.3) is 0 Å². The molecule has 1 fully saturated rings. The van der Waals surface area contributed by atoms with Crippen LogP contribution in [0, 0.1) is 19.8 Å². The van der Waals surface area contributed by atoms with Gasteiger partial charge in [0.1, 0.15) is 22.8 Å². The maximum atomic E-state index is 10.5. The number of β-amino-alcohol motifs (C(OH)–C–C–N with tert-alkyl or cyclic N) is 1. The molecule has 2 atom stereocenters. The van der Waals surface area contributed by atoms with Gasteiger partial charge in [-0.15, -0.1) is 0 Å². The molecule has 0 saturated carbocycles. The molecule has 0 radical (unpaired) electrons. The summed E-state index contributed by atoms with van der Waals surface area (Å²) in [4.78, 5) is 6.96. The summed E-state index contributed by atoms with van der Waals surface area (Å²) in [6.45, 7) is 5.27. The van der Waals surface area contributed by atoms with Crippen LogP contribution < -0.4 is 9.64 Å². The number of para-hydroxylation sites is 1. The predicted octanol–water partition coefficient (Wildman–Crippen LogP) is 2.89. The molecule has 0 bridgehead atoms. The fourth-order valence-corrected chi connectivity index (χ4v) is 3.71.